The number of ether oxygens (including phenoxy) is 1. The molecule has 6 nitrogen and oxygen atoms in total. The molecule has 0 aromatic heterocycles. The second kappa shape index (κ2) is 15.9. The van der Waals surface area contributed by atoms with Crippen molar-refractivity contribution in [2.45, 2.75) is 45.4 Å². The highest BCUT2D eigenvalue weighted by molar-refractivity contribution is 5.89. The van der Waals surface area contributed by atoms with Crippen molar-refractivity contribution >= 4 is 17.9 Å². The van der Waals surface area contributed by atoms with Gasteiger partial charge in [-0.1, -0.05) is 45.6 Å². The number of unbranched alkanes of at least 4 members (excludes halogenated alkanes) is 5. The van der Waals surface area contributed by atoms with Crippen molar-refractivity contribution < 1.29 is 29.3 Å². The summed E-state index contributed by atoms with van der Waals surface area (Å²) < 4.78 is 4.84. The number of hydrogen-bond donors (Lipinski definition) is 2. The molecule has 0 bridgehead atoms. The molecule has 0 saturated heterocycles. The van der Waals surface area contributed by atoms with Crippen molar-refractivity contribution in [1.29, 1.82) is 0 Å². The smallest absolute Gasteiger partial charge is 0.330 e. The van der Waals surface area contributed by atoms with E-state index in [9.17, 15) is 14.4 Å². The van der Waals surface area contributed by atoms with Gasteiger partial charge in [0.2, 0.25) is 0 Å². The van der Waals surface area contributed by atoms with E-state index >= 15 is 0 Å². The first kappa shape index (κ1) is 21.2. The summed E-state index contributed by atoms with van der Waals surface area (Å²) >= 11 is 0. The highest BCUT2D eigenvalue weighted by Gasteiger charge is 1.94. The predicted molar refractivity (Wildman–Crippen MR) is 78.9 cm³/mol. The second-order valence-corrected chi connectivity index (χ2v) is 4.15. The van der Waals surface area contributed by atoms with E-state index in [1.807, 2.05) is 0 Å². The molecule has 0 saturated carbocycles. The largest absolute Gasteiger partial charge is 0.478 e. The Morgan fingerprint density at radius 1 is 0.952 bits per heavy atom. The number of esters is 1. The van der Waals surface area contributed by atoms with Crippen LogP contribution in [0.15, 0.2) is 24.8 Å². The lowest BCUT2D eigenvalue weighted by molar-refractivity contribution is -0.138. The zero-order valence-corrected chi connectivity index (χ0v) is 12.4. The molecule has 0 aromatic carbocycles. The monoisotopic (exact) mass is 300 g/mol. The molecule has 120 valence electrons. The Kier molecular flexibility index (Phi) is 16.1. The molecule has 6 heteroatoms. The van der Waals surface area contributed by atoms with Gasteiger partial charge in [0.15, 0.2) is 0 Å². The topological polar surface area (TPSA) is 101 Å². The van der Waals surface area contributed by atoms with E-state index in [0.29, 0.717) is 18.8 Å². The van der Waals surface area contributed by atoms with Gasteiger partial charge < -0.3 is 14.9 Å². The van der Waals surface area contributed by atoms with Crippen LogP contribution < -0.4 is 0 Å². The fourth-order valence-electron chi connectivity index (χ4n) is 1.26. The third-order valence-corrected chi connectivity index (χ3v) is 2.28. The minimum Gasteiger partial charge on any atom is -0.478 e. The molecule has 0 aliphatic heterocycles. The minimum atomic E-state index is -1.26. The predicted octanol–water partition coefficient (Wildman–Crippen LogP) is 2.79. The fourth-order valence-corrected chi connectivity index (χ4v) is 1.26. The molecular formula is C15H24O6. The SMILES string of the molecule is C=CC(=O)OCCCCCCCC.O=C(O)/C=C/C(=O)O. The van der Waals surface area contributed by atoms with Gasteiger partial charge in [0.1, 0.15) is 0 Å². The van der Waals surface area contributed by atoms with Gasteiger partial charge in [-0.3, -0.25) is 0 Å². The van der Waals surface area contributed by atoms with E-state index in [1.54, 1.807) is 0 Å². The van der Waals surface area contributed by atoms with Crippen LogP contribution in [0.4, 0.5) is 0 Å². The molecule has 0 spiro atoms. The first-order valence-corrected chi connectivity index (χ1v) is 6.87. The molecule has 0 fully saturated rings. The standard InChI is InChI=1S/C11H20O2.C4H4O4/c1-3-5-6-7-8-9-10-13-11(12)4-2;5-3(6)1-2-4(7)8/h4H,2-3,5-10H2,1H3;1-2H,(H,5,6)(H,7,8)/b;2-1+. The van der Waals surface area contributed by atoms with Gasteiger partial charge in [0, 0.05) is 18.2 Å². The van der Waals surface area contributed by atoms with Crippen molar-refractivity contribution in [3.63, 3.8) is 0 Å². The molecule has 0 aliphatic carbocycles. The van der Waals surface area contributed by atoms with E-state index in [0.717, 1.165) is 12.8 Å². The Labute approximate surface area is 125 Å². The molecule has 0 rings (SSSR count). The quantitative estimate of drug-likeness (QED) is 0.365. The van der Waals surface area contributed by atoms with Gasteiger partial charge >= 0.3 is 17.9 Å². The normalized spacial score (nSPS) is 9.57. The number of carbonyl (C=O) groups excluding carboxylic acids is 1. The van der Waals surface area contributed by atoms with Gasteiger partial charge in [-0.05, 0) is 6.42 Å². The lowest BCUT2D eigenvalue weighted by Crippen LogP contribution is -2.01. The number of carbonyl (C=O) groups is 3. The van der Waals surface area contributed by atoms with E-state index in [2.05, 4.69) is 13.5 Å². The Balaban J connectivity index is 0. The van der Waals surface area contributed by atoms with Crippen LogP contribution in [0.3, 0.4) is 0 Å². The Hall–Kier alpha value is -2.11. The number of rotatable bonds is 10. The lowest BCUT2D eigenvalue weighted by atomic mass is 10.1. The molecule has 0 amide bonds. The molecule has 0 radical (unpaired) electrons. The van der Waals surface area contributed by atoms with Crippen molar-refractivity contribution in [1.82, 2.24) is 0 Å². The third-order valence-electron chi connectivity index (χ3n) is 2.28. The van der Waals surface area contributed by atoms with Crippen LogP contribution in [0.5, 0.6) is 0 Å². The molecule has 21 heavy (non-hydrogen) atoms. The molecule has 0 aromatic rings. The van der Waals surface area contributed by atoms with Crippen LogP contribution in [-0.2, 0) is 19.1 Å². The van der Waals surface area contributed by atoms with Crippen LogP contribution in [-0.4, -0.2) is 34.7 Å². The average Bonchev–Trinajstić information content (AvgIpc) is 2.44. The highest BCUT2D eigenvalue weighted by Crippen LogP contribution is 2.04. The van der Waals surface area contributed by atoms with Gasteiger partial charge in [-0.2, -0.15) is 0 Å². The maximum Gasteiger partial charge on any atom is 0.330 e. The number of carboxylic acid groups (broad SMARTS) is 2. The Morgan fingerprint density at radius 2 is 1.43 bits per heavy atom. The van der Waals surface area contributed by atoms with E-state index < -0.39 is 11.9 Å². The van der Waals surface area contributed by atoms with Gasteiger partial charge in [0.25, 0.3) is 0 Å². The third kappa shape index (κ3) is 23.4. The Morgan fingerprint density at radius 3 is 1.86 bits per heavy atom. The summed E-state index contributed by atoms with van der Waals surface area (Å²) in [5.41, 5.74) is 0. The van der Waals surface area contributed by atoms with Crippen LogP contribution in [0.1, 0.15) is 45.4 Å². The summed E-state index contributed by atoms with van der Waals surface area (Å²) in [7, 11) is 0. The molecule has 2 N–H and O–H groups in total. The fraction of sp³-hybridized carbons (Fsp3) is 0.533. The number of carboxylic acids is 2. The summed E-state index contributed by atoms with van der Waals surface area (Å²) in [6.07, 6.45) is 9.58. The Bertz CT molecular complexity index is 330. The number of hydrogen-bond acceptors (Lipinski definition) is 4. The summed E-state index contributed by atoms with van der Waals surface area (Å²) in [6, 6.07) is 0. The van der Waals surface area contributed by atoms with Crippen LogP contribution in [0.25, 0.3) is 0 Å². The maximum atomic E-state index is 10.6. The molecule has 0 heterocycles. The zero-order valence-electron chi connectivity index (χ0n) is 12.4. The van der Waals surface area contributed by atoms with Gasteiger partial charge in [0.05, 0.1) is 6.61 Å². The molecule has 0 atom stereocenters. The minimum absolute atomic E-state index is 0.312. The summed E-state index contributed by atoms with van der Waals surface area (Å²) in [5.74, 6) is -2.83. The molecule has 0 unspecified atom stereocenters. The van der Waals surface area contributed by atoms with Crippen molar-refractivity contribution in [2.24, 2.45) is 0 Å². The number of aliphatic carboxylic acids is 2. The van der Waals surface area contributed by atoms with Crippen molar-refractivity contribution in [2.75, 3.05) is 6.61 Å². The van der Waals surface area contributed by atoms with E-state index in [1.165, 1.54) is 31.8 Å². The zero-order chi connectivity index (χ0) is 16.5. The summed E-state index contributed by atoms with van der Waals surface area (Å²) in [4.78, 5) is 29.7. The first-order valence-electron chi connectivity index (χ1n) is 6.87. The first-order chi connectivity index (χ1) is 9.93. The molecular weight excluding hydrogens is 276 g/mol. The lowest BCUT2D eigenvalue weighted by Gasteiger charge is -2.01. The van der Waals surface area contributed by atoms with Crippen LogP contribution in [0, 0.1) is 0 Å². The summed E-state index contributed by atoms with van der Waals surface area (Å²) in [6.45, 7) is 6.06. The highest BCUT2D eigenvalue weighted by atomic mass is 16.5. The maximum absolute atomic E-state index is 10.6. The van der Waals surface area contributed by atoms with E-state index in [4.69, 9.17) is 14.9 Å². The van der Waals surface area contributed by atoms with Gasteiger partial charge in [-0.15, -0.1) is 0 Å². The van der Waals surface area contributed by atoms with Crippen molar-refractivity contribution in [3.8, 4) is 0 Å². The van der Waals surface area contributed by atoms with Crippen LogP contribution in [0.2, 0.25) is 0 Å². The molecule has 0 aliphatic rings. The van der Waals surface area contributed by atoms with Gasteiger partial charge in [-0.25, -0.2) is 14.4 Å². The average molecular weight is 300 g/mol. The summed E-state index contributed by atoms with van der Waals surface area (Å²) in [5, 5.41) is 15.6. The van der Waals surface area contributed by atoms with E-state index in [-0.39, 0.29) is 5.97 Å². The van der Waals surface area contributed by atoms with Crippen LogP contribution >= 0.6 is 0 Å². The second-order valence-electron chi connectivity index (χ2n) is 4.15. The van der Waals surface area contributed by atoms with Crippen molar-refractivity contribution in [3.05, 3.63) is 24.8 Å².